The average Bonchev–Trinajstić information content (AvgIpc) is 2.57. The summed E-state index contributed by atoms with van der Waals surface area (Å²) in [5.41, 5.74) is 9.33. The first-order valence-corrected chi connectivity index (χ1v) is 5.80. The molecule has 1 heterocycles. The second-order valence-corrected chi connectivity index (χ2v) is 5.41. The van der Waals surface area contributed by atoms with Crippen LogP contribution in [0.1, 0.15) is 32.0 Å². The highest BCUT2D eigenvalue weighted by atomic mass is 15.1. The van der Waals surface area contributed by atoms with Gasteiger partial charge in [0.2, 0.25) is 5.95 Å². The maximum Gasteiger partial charge on any atom is 0.205 e. The first-order valence-electron chi connectivity index (χ1n) is 5.80. The van der Waals surface area contributed by atoms with Crippen molar-refractivity contribution in [1.82, 2.24) is 9.55 Å². The smallest absolute Gasteiger partial charge is 0.205 e. The Morgan fingerprint density at radius 1 is 1.12 bits per heavy atom. The summed E-state index contributed by atoms with van der Waals surface area (Å²) in [6, 6.07) is 8.45. The van der Waals surface area contributed by atoms with Gasteiger partial charge in [-0.15, -0.1) is 0 Å². The van der Waals surface area contributed by atoms with Crippen LogP contribution in [0.5, 0.6) is 0 Å². The van der Waals surface area contributed by atoms with Gasteiger partial charge in [-0.1, -0.05) is 32.9 Å². The van der Waals surface area contributed by atoms with Gasteiger partial charge in [0.1, 0.15) is 0 Å². The number of nitrogens with zero attached hydrogens (tertiary/aromatic N) is 2. The third-order valence-electron chi connectivity index (χ3n) is 2.87. The molecule has 2 N–H and O–H groups in total. The number of anilines is 1. The van der Waals surface area contributed by atoms with Gasteiger partial charge < -0.3 is 5.73 Å². The van der Waals surface area contributed by atoms with Gasteiger partial charge in [-0.2, -0.15) is 0 Å². The van der Waals surface area contributed by atoms with Gasteiger partial charge in [0.05, 0.1) is 5.69 Å². The Morgan fingerprint density at radius 2 is 1.71 bits per heavy atom. The fraction of sp³-hybridized carbons (Fsp3) is 0.357. The minimum absolute atomic E-state index is 0.176. The maximum atomic E-state index is 5.85. The highest BCUT2D eigenvalue weighted by molar-refractivity contribution is 5.42. The van der Waals surface area contributed by atoms with Crippen molar-refractivity contribution in [2.75, 3.05) is 5.73 Å². The van der Waals surface area contributed by atoms with E-state index in [1.807, 2.05) is 17.7 Å². The fourth-order valence-electron chi connectivity index (χ4n) is 1.85. The lowest BCUT2D eigenvalue weighted by Crippen LogP contribution is -2.11. The van der Waals surface area contributed by atoms with Gasteiger partial charge in [-0.3, -0.25) is 4.57 Å². The molecule has 1 aromatic heterocycles. The molecule has 0 bridgehead atoms. The van der Waals surface area contributed by atoms with Crippen molar-refractivity contribution >= 4 is 5.95 Å². The summed E-state index contributed by atoms with van der Waals surface area (Å²) < 4.78 is 1.90. The molecule has 3 heteroatoms. The first kappa shape index (κ1) is 11.7. The Bertz CT molecular complexity index is 515. The number of imidazole rings is 1. The molecule has 0 atom stereocenters. The third kappa shape index (κ3) is 2.33. The largest absolute Gasteiger partial charge is 0.369 e. The summed E-state index contributed by atoms with van der Waals surface area (Å²) in [5, 5.41) is 0. The molecule has 3 nitrogen and oxygen atoms in total. The molecule has 1 aromatic carbocycles. The average molecular weight is 229 g/mol. The highest BCUT2D eigenvalue weighted by Gasteiger charge is 2.13. The van der Waals surface area contributed by atoms with Crippen LogP contribution in [0.3, 0.4) is 0 Å². The van der Waals surface area contributed by atoms with Crippen LogP contribution in [0.25, 0.3) is 5.69 Å². The Hall–Kier alpha value is -1.77. The number of benzene rings is 1. The van der Waals surface area contributed by atoms with E-state index < -0.39 is 0 Å². The van der Waals surface area contributed by atoms with Gasteiger partial charge in [0.15, 0.2) is 0 Å². The monoisotopic (exact) mass is 229 g/mol. The molecule has 0 saturated heterocycles. The molecule has 0 radical (unpaired) electrons. The summed E-state index contributed by atoms with van der Waals surface area (Å²) in [7, 11) is 0. The van der Waals surface area contributed by atoms with E-state index in [4.69, 9.17) is 5.73 Å². The van der Waals surface area contributed by atoms with Crippen molar-refractivity contribution < 1.29 is 0 Å². The minimum atomic E-state index is 0.176. The van der Waals surface area contributed by atoms with Crippen LogP contribution in [0.15, 0.2) is 30.5 Å². The SMILES string of the molecule is Cc1cn(-c2ccc(C(C)(C)C)cc2)c(N)n1. The van der Waals surface area contributed by atoms with Crippen LogP contribution in [0.4, 0.5) is 5.95 Å². The Balaban J connectivity index is 2.39. The van der Waals surface area contributed by atoms with Crippen molar-refractivity contribution in [3.05, 3.63) is 41.7 Å². The standard InChI is InChI=1S/C14H19N3/c1-10-9-17(13(15)16-10)12-7-5-11(6-8-12)14(2,3)4/h5-9H,1-4H3,(H2,15,16). The molecule has 0 saturated carbocycles. The van der Waals surface area contributed by atoms with Crippen molar-refractivity contribution in [1.29, 1.82) is 0 Å². The van der Waals surface area contributed by atoms with Gasteiger partial charge in [0.25, 0.3) is 0 Å². The fourth-order valence-corrected chi connectivity index (χ4v) is 1.85. The van der Waals surface area contributed by atoms with Crippen molar-refractivity contribution in [2.45, 2.75) is 33.1 Å². The second-order valence-electron chi connectivity index (χ2n) is 5.41. The maximum absolute atomic E-state index is 5.85. The van der Waals surface area contributed by atoms with E-state index in [1.54, 1.807) is 0 Å². The number of aromatic nitrogens is 2. The van der Waals surface area contributed by atoms with Gasteiger partial charge in [-0.05, 0) is 30.0 Å². The number of nitrogen functional groups attached to an aromatic ring is 1. The molecule has 0 amide bonds. The van der Waals surface area contributed by atoms with E-state index in [0.29, 0.717) is 5.95 Å². The third-order valence-corrected chi connectivity index (χ3v) is 2.87. The minimum Gasteiger partial charge on any atom is -0.369 e. The number of hydrogen-bond acceptors (Lipinski definition) is 2. The Kier molecular flexibility index (Phi) is 2.69. The lowest BCUT2D eigenvalue weighted by atomic mass is 9.87. The van der Waals surface area contributed by atoms with Crippen molar-refractivity contribution in [2.24, 2.45) is 0 Å². The molecule has 2 aromatic rings. The molecule has 2 rings (SSSR count). The van der Waals surface area contributed by atoms with Crippen molar-refractivity contribution in [3.63, 3.8) is 0 Å². The summed E-state index contributed by atoms with van der Waals surface area (Å²) in [6.07, 6.45) is 1.95. The normalized spacial score (nSPS) is 11.8. The lowest BCUT2D eigenvalue weighted by molar-refractivity contribution is 0.590. The summed E-state index contributed by atoms with van der Waals surface area (Å²) in [5.74, 6) is 0.533. The quantitative estimate of drug-likeness (QED) is 0.816. The van der Waals surface area contributed by atoms with Crippen molar-refractivity contribution in [3.8, 4) is 5.69 Å². The molecule has 0 fully saturated rings. The number of nitrogens with two attached hydrogens (primary N) is 1. The topological polar surface area (TPSA) is 43.8 Å². The van der Waals surface area contributed by atoms with Gasteiger partial charge in [-0.25, -0.2) is 4.98 Å². The molecule has 90 valence electrons. The number of hydrogen-bond donors (Lipinski definition) is 1. The van der Waals surface area contributed by atoms with Crippen LogP contribution in [0.2, 0.25) is 0 Å². The summed E-state index contributed by atoms with van der Waals surface area (Å²) >= 11 is 0. The van der Waals surface area contributed by atoms with Crippen LogP contribution in [-0.4, -0.2) is 9.55 Å². The van der Waals surface area contributed by atoms with Gasteiger partial charge >= 0.3 is 0 Å². The van der Waals surface area contributed by atoms with Crippen LogP contribution in [-0.2, 0) is 5.41 Å². The lowest BCUT2D eigenvalue weighted by Gasteiger charge is -2.19. The molecule has 0 aliphatic rings. The number of aryl methyl sites for hydroxylation is 1. The van der Waals surface area contributed by atoms with E-state index in [9.17, 15) is 0 Å². The van der Waals surface area contributed by atoms with E-state index in [0.717, 1.165) is 11.4 Å². The molecule has 0 spiro atoms. The molecule has 0 aliphatic carbocycles. The van der Waals surface area contributed by atoms with Crippen LogP contribution < -0.4 is 5.73 Å². The molecule has 17 heavy (non-hydrogen) atoms. The van der Waals surface area contributed by atoms with E-state index in [1.165, 1.54) is 5.56 Å². The van der Waals surface area contributed by atoms with E-state index in [-0.39, 0.29) is 5.41 Å². The molecule has 0 aliphatic heterocycles. The van der Waals surface area contributed by atoms with E-state index in [2.05, 4.69) is 50.0 Å². The number of rotatable bonds is 1. The van der Waals surface area contributed by atoms with E-state index >= 15 is 0 Å². The van der Waals surface area contributed by atoms with Gasteiger partial charge in [0, 0.05) is 11.9 Å². The molecular weight excluding hydrogens is 210 g/mol. The zero-order chi connectivity index (χ0) is 12.6. The zero-order valence-electron chi connectivity index (χ0n) is 10.9. The predicted molar refractivity (Wildman–Crippen MR) is 71.4 cm³/mol. The molecular formula is C14H19N3. The summed E-state index contributed by atoms with van der Waals surface area (Å²) in [6.45, 7) is 8.56. The second kappa shape index (κ2) is 3.91. The zero-order valence-corrected chi connectivity index (χ0v) is 10.9. The Labute approximate surface area is 102 Å². The first-order chi connectivity index (χ1) is 7.88. The van der Waals surface area contributed by atoms with Crippen LogP contribution in [0, 0.1) is 6.92 Å². The summed E-state index contributed by atoms with van der Waals surface area (Å²) in [4.78, 5) is 4.20. The molecule has 0 unspecified atom stereocenters. The predicted octanol–water partition coefficient (Wildman–Crippen LogP) is 3.06. The van der Waals surface area contributed by atoms with Crippen LogP contribution >= 0.6 is 0 Å². The Morgan fingerprint density at radius 3 is 2.12 bits per heavy atom. The highest BCUT2D eigenvalue weighted by Crippen LogP contribution is 2.24.